The van der Waals surface area contributed by atoms with Crippen LogP contribution in [0.2, 0.25) is 0 Å². The Balaban J connectivity index is 0. The number of nitrogens with one attached hydrogen (secondary N) is 3. The molecule has 10 heteroatoms. The first-order valence-corrected chi connectivity index (χ1v) is 10.0. The van der Waals surface area contributed by atoms with Crippen molar-refractivity contribution in [1.82, 2.24) is 16.0 Å². The molecule has 28 heavy (non-hydrogen) atoms. The van der Waals surface area contributed by atoms with Crippen molar-refractivity contribution in [2.24, 2.45) is 11.5 Å². The highest BCUT2D eigenvalue weighted by Gasteiger charge is 2.06. The van der Waals surface area contributed by atoms with Gasteiger partial charge in [-0.3, -0.25) is 4.79 Å². The zero-order valence-electron chi connectivity index (χ0n) is 17.2. The van der Waals surface area contributed by atoms with Crippen molar-refractivity contribution in [3.63, 3.8) is 0 Å². The van der Waals surface area contributed by atoms with E-state index < -0.39 is 0 Å². The van der Waals surface area contributed by atoms with Gasteiger partial charge in [-0.05, 0) is 12.8 Å². The van der Waals surface area contributed by atoms with Gasteiger partial charge in [0, 0.05) is 71.6 Å². The molecule has 2 fully saturated rings. The Hall–Kier alpha value is -0.980. The lowest BCUT2D eigenvalue weighted by atomic mass is 10.00. The molecule has 168 valence electrons. The zero-order chi connectivity index (χ0) is 21.1. The molecule has 0 aromatic carbocycles. The molecule has 2 rings (SSSR count). The lowest BCUT2D eigenvalue weighted by molar-refractivity contribution is -0.532. The molecule has 7 N–H and O–H groups in total. The van der Waals surface area contributed by atoms with E-state index in [4.69, 9.17) is 16.3 Å². The number of hydrogen-bond donors (Lipinski definition) is 5. The Bertz CT molecular complexity index is 281. The van der Waals surface area contributed by atoms with Gasteiger partial charge in [0.2, 0.25) is 0 Å². The molecule has 2 aliphatic rings. The van der Waals surface area contributed by atoms with Crippen molar-refractivity contribution in [3.8, 4) is 0 Å². The highest BCUT2D eigenvalue weighted by atomic mass is 17.5. The van der Waals surface area contributed by atoms with Crippen molar-refractivity contribution in [2.45, 2.75) is 38.5 Å². The summed E-state index contributed by atoms with van der Waals surface area (Å²) in [7, 11) is 0. The van der Waals surface area contributed by atoms with Crippen LogP contribution in [0.4, 0.5) is 0 Å². The first kappa shape index (κ1) is 29.2. The Kier molecular flexibility index (Phi) is 29.5. The van der Waals surface area contributed by atoms with Crippen molar-refractivity contribution >= 4 is 12.6 Å². The molecule has 0 amide bonds. The molecule has 0 spiro atoms. The number of hydrogen-bond acceptors (Lipinski definition) is 10. The van der Waals surface area contributed by atoms with Gasteiger partial charge in [0.1, 0.15) is 12.6 Å². The minimum atomic E-state index is 0.464. The van der Waals surface area contributed by atoms with E-state index in [2.05, 4.69) is 30.8 Å². The lowest BCUT2D eigenvalue weighted by Gasteiger charge is -2.06. The number of nitrogens with two attached hydrogens (primary N) is 2. The number of rotatable bonds is 10. The Morgan fingerprint density at radius 2 is 1.14 bits per heavy atom. The van der Waals surface area contributed by atoms with Crippen LogP contribution < -0.4 is 27.4 Å². The van der Waals surface area contributed by atoms with E-state index in [9.17, 15) is 4.79 Å². The van der Waals surface area contributed by atoms with E-state index in [1.807, 2.05) is 6.79 Å². The maximum Gasteiger partial charge on any atom is 0.132 e. The molecule has 1 aliphatic carbocycles. The third kappa shape index (κ3) is 27.2. The summed E-state index contributed by atoms with van der Waals surface area (Å²) in [5, 5.41) is 13.8. The summed E-state index contributed by atoms with van der Waals surface area (Å²) >= 11 is 0. The molecule has 0 aromatic heterocycles. The fourth-order valence-corrected chi connectivity index (χ4v) is 2.16. The Labute approximate surface area is 169 Å². The predicted octanol–water partition coefficient (Wildman–Crippen LogP) is -0.723. The summed E-state index contributed by atoms with van der Waals surface area (Å²) in [4.78, 5) is 27.2. The number of ketones is 1. The van der Waals surface area contributed by atoms with Crippen molar-refractivity contribution < 1.29 is 24.4 Å². The van der Waals surface area contributed by atoms with E-state index in [1.54, 1.807) is 0 Å². The minimum Gasteiger partial charge on any atom is -0.329 e. The Morgan fingerprint density at radius 3 is 1.39 bits per heavy atom. The second kappa shape index (κ2) is 28.2. The molecule has 1 aliphatic heterocycles. The van der Waals surface area contributed by atoms with E-state index in [1.165, 1.54) is 6.42 Å². The SMILES string of the molecule is C1COOOC1.C=O.NCCNCCNCCNCCN.O=C1CCCCC1. The molecule has 0 radical (unpaired) electrons. The third-order valence-corrected chi connectivity index (χ3v) is 3.56. The first-order chi connectivity index (χ1) is 13.8. The van der Waals surface area contributed by atoms with Crippen LogP contribution >= 0.6 is 0 Å². The van der Waals surface area contributed by atoms with Gasteiger partial charge >= 0.3 is 0 Å². The zero-order valence-corrected chi connectivity index (χ0v) is 17.2. The van der Waals surface area contributed by atoms with Crippen LogP contribution in [0.1, 0.15) is 38.5 Å². The highest BCUT2D eigenvalue weighted by Crippen LogP contribution is 2.12. The van der Waals surface area contributed by atoms with Crippen LogP contribution in [-0.2, 0) is 24.4 Å². The largest absolute Gasteiger partial charge is 0.329 e. The molecule has 1 heterocycles. The van der Waals surface area contributed by atoms with Gasteiger partial charge in [-0.15, -0.1) is 0 Å². The van der Waals surface area contributed by atoms with Crippen molar-refractivity contribution in [2.75, 3.05) is 65.6 Å². The summed E-state index contributed by atoms with van der Waals surface area (Å²) in [5.41, 5.74) is 10.6. The van der Waals surface area contributed by atoms with Crippen molar-refractivity contribution in [1.29, 1.82) is 0 Å². The fraction of sp³-hybridized carbons (Fsp3) is 0.889. The van der Waals surface area contributed by atoms with Gasteiger partial charge in [0.25, 0.3) is 0 Å². The van der Waals surface area contributed by atoms with E-state index in [-0.39, 0.29) is 0 Å². The Morgan fingerprint density at radius 1 is 0.714 bits per heavy atom. The summed E-state index contributed by atoms with van der Waals surface area (Å²) < 4.78 is 0. The molecule has 0 aromatic rings. The first-order valence-electron chi connectivity index (χ1n) is 10.0. The summed E-state index contributed by atoms with van der Waals surface area (Å²) in [5.74, 6) is 0.464. The van der Waals surface area contributed by atoms with Gasteiger partial charge < -0.3 is 32.2 Å². The normalized spacial score (nSPS) is 15.9. The standard InChI is InChI=1S/C8H23N5.C6H10O.C3H6O3.CH2O/c9-1-3-11-5-7-13-8-6-12-4-2-10;7-6-4-2-1-3-5-6;1-2-4-6-5-3-1;1-2/h11-13H,1-10H2;1-5H2;1-3H2;1H2. The van der Waals surface area contributed by atoms with Crippen LogP contribution in [0.3, 0.4) is 0 Å². The monoisotopic (exact) mass is 407 g/mol. The van der Waals surface area contributed by atoms with Gasteiger partial charge in [-0.2, -0.15) is 0 Å². The average Bonchev–Trinajstić information content (AvgIpc) is 2.77. The molecule has 1 saturated carbocycles. The molecule has 1 saturated heterocycles. The van der Waals surface area contributed by atoms with Gasteiger partial charge in [-0.1, -0.05) is 11.5 Å². The lowest BCUT2D eigenvalue weighted by Crippen LogP contribution is -2.35. The molecular formula is C18H41N5O5. The molecule has 0 atom stereocenters. The molecular weight excluding hydrogens is 366 g/mol. The van der Waals surface area contributed by atoms with Crippen LogP contribution in [0.5, 0.6) is 0 Å². The summed E-state index contributed by atoms with van der Waals surface area (Å²) in [6, 6.07) is 0. The van der Waals surface area contributed by atoms with E-state index in [0.29, 0.717) is 32.1 Å². The third-order valence-electron chi connectivity index (χ3n) is 3.56. The second-order valence-electron chi connectivity index (χ2n) is 5.99. The van der Waals surface area contributed by atoms with Crippen LogP contribution in [0, 0.1) is 0 Å². The maximum atomic E-state index is 10.5. The number of carbonyl (C=O) groups is 2. The van der Waals surface area contributed by atoms with Gasteiger partial charge in [-0.25, -0.2) is 9.78 Å². The minimum absolute atomic E-state index is 0.464. The van der Waals surface area contributed by atoms with Crippen LogP contribution in [0.15, 0.2) is 0 Å². The second-order valence-corrected chi connectivity index (χ2v) is 5.99. The van der Waals surface area contributed by atoms with E-state index >= 15 is 0 Å². The van der Waals surface area contributed by atoms with Crippen LogP contribution in [0.25, 0.3) is 0 Å². The smallest absolute Gasteiger partial charge is 0.132 e. The quantitative estimate of drug-likeness (QED) is 0.232. The van der Waals surface area contributed by atoms with E-state index in [0.717, 1.165) is 71.4 Å². The molecule has 0 unspecified atom stereocenters. The van der Waals surface area contributed by atoms with Crippen LogP contribution in [-0.4, -0.2) is 78.1 Å². The summed E-state index contributed by atoms with van der Waals surface area (Å²) in [6.45, 7) is 10.5. The fourth-order valence-electron chi connectivity index (χ4n) is 2.16. The van der Waals surface area contributed by atoms with Gasteiger partial charge in [0.05, 0.1) is 13.2 Å². The molecule has 0 bridgehead atoms. The topological polar surface area (TPSA) is 150 Å². The molecule has 10 nitrogen and oxygen atoms in total. The number of carbonyl (C=O) groups excluding carboxylic acids is 2. The predicted molar refractivity (Wildman–Crippen MR) is 110 cm³/mol. The van der Waals surface area contributed by atoms with Crippen molar-refractivity contribution in [3.05, 3.63) is 0 Å². The van der Waals surface area contributed by atoms with Gasteiger partial charge in [0.15, 0.2) is 0 Å². The maximum absolute atomic E-state index is 10.5. The average molecular weight is 408 g/mol. The number of Topliss-reactive ketones (excluding diaryl/α,β-unsaturated/α-hetero) is 1. The highest BCUT2D eigenvalue weighted by molar-refractivity contribution is 5.78. The summed E-state index contributed by atoms with van der Waals surface area (Å²) in [6.07, 6.45) is 6.17.